The molecule has 0 aliphatic carbocycles. The maximum Gasteiger partial charge on any atom is 0.242 e. The van der Waals surface area contributed by atoms with E-state index in [1.54, 1.807) is 0 Å². The van der Waals surface area contributed by atoms with Crippen molar-refractivity contribution in [2.75, 3.05) is 27.2 Å². The Hall–Kier alpha value is -1.00. The molecule has 1 aromatic carbocycles. The third kappa shape index (κ3) is 3.85. The number of benzene rings is 1. The summed E-state index contributed by atoms with van der Waals surface area (Å²) in [4.78, 5) is -0.0804. The molecular weight excluding hydrogens is 326 g/mol. The van der Waals surface area contributed by atoms with Crippen LogP contribution in [0.5, 0.6) is 0 Å². The van der Waals surface area contributed by atoms with Crippen molar-refractivity contribution >= 4 is 20.0 Å². The lowest BCUT2D eigenvalue weighted by molar-refractivity contribution is 0.428. The molecule has 124 valence electrons. The highest BCUT2D eigenvalue weighted by Gasteiger charge is 2.24. The number of nitrogens with one attached hydrogen (secondary N) is 2. The van der Waals surface area contributed by atoms with Gasteiger partial charge in [-0.1, -0.05) is 6.07 Å². The van der Waals surface area contributed by atoms with Crippen LogP contribution in [-0.2, 0) is 20.0 Å². The number of nitrogens with zero attached hydrogens (tertiary/aromatic N) is 1. The van der Waals surface area contributed by atoms with E-state index in [1.807, 2.05) is 0 Å². The first-order valence-electron chi connectivity index (χ1n) is 6.99. The Morgan fingerprint density at radius 1 is 1.18 bits per heavy atom. The van der Waals surface area contributed by atoms with Crippen molar-refractivity contribution in [1.29, 1.82) is 0 Å². The summed E-state index contributed by atoms with van der Waals surface area (Å²) in [7, 11) is -4.59. The van der Waals surface area contributed by atoms with Gasteiger partial charge < -0.3 is 5.32 Å². The van der Waals surface area contributed by atoms with Gasteiger partial charge in [-0.25, -0.2) is 25.9 Å². The molecular formula is C13H21N3O4S2. The van der Waals surface area contributed by atoms with Gasteiger partial charge in [0.15, 0.2) is 0 Å². The fraction of sp³-hybridized carbons (Fsp3) is 0.538. The zero-order valence-corrected chi connectivity index (χ0v) is 14.2. The predicted molar refractivity (Wildman–Crippen MR) is 83.5 cm³/mol. The smallest absolute Gasteiger partial charge is 0.242 e. The molecule has 1 aromatic rings. The first kappa shape index (κ1) is 17.4. The summed E-state index contributed by atoms with van der Waals surface area (Å²) in [6.07, 6.45) is 1.67. The number of rotatable bonds is 5. The van der Waals surface area contributed by atoms with Crippen LogP contribution in [0.3, 0.4) is 0 Å². The molecule has 1 unspecified atom stereocenters. The zero-order chi connectivity index (χ0) is 16.4. The van der Waals surface area contributed by atoms with Gasteiger partial charge in [0.05, 0.1) is 9.79 Å². The molecule has 0 bridgehead atoms. The predicted octanol–water partition coefficient (Wildman–Crippen LogP) is -0.0328. The maximum absolute atomic E-state index is 12.4. The van der Waals surface area contributed by atoms with E-state index in [1.165, 1.54) is 38.4 Å². The van der Waals surface area contributed by atoms with E-state index in [4.69, 9.17) is 0 Å². The van der Waals surface area contributed by atoms with Gasteiger partial charge in [0.2, 0.25) is 20.0 Å². The van der Waals surface area contributed by atoms with Crippen LogP contribution in [0.4, 0.5) is 0 Å². The Morgan fingerprint density at radius 2 is 1.86 bits per heavy atom. The second kappa shape index (κ2) is 6.63. The quantitative estimate of drug-likeness (QED) is 0.780. The topological polar surface area (TPSA) is 95.6 Å². The largest absolute Gasteiger partial charge is 0.315 e. The van der Waals surface area contributed by atoms with Crippen LogP contribution >= 0.6 is 0 Å². The van der Waals surface area contributed by atoms with E-state index in [-0.39, 0.29) is 15.8 Å². The SMILES string of the molecule is CN(C)S(=O)(=O)c1cccc(S(=O)(=O)NC2CCCNC2)c1. The Labute approximate surface area is 131 Å². The molecule has 0 radical (unpaired) electrons. The molecule has 0 aromatic heterocycles. The average Bonchev–Trinajstić information content (AvgIpc) is 2.48. The van der Waals surface area contributed by atoms with Gasteiger partial charge in [-0.2, -0.15) is 0 Å². The molecule has 22 heavy (non-hydrogen) atoms. The van der Waals surface area contributed by atoms with Crippen molar-refractivity contribution in [3.05, 3.63) is 24.3 Å². The van der Waals surface area contributed by atoms with Gasteiger partial charge in [0.25, 0.3) is 0 Å². The van der Waals surface area contributed by atoms with E-state index in [0.29, 0.717) is 6.54 Å². The molecule has 1 saturated heterocycles. The molecule has 7 nitrogen and oxygen atoms in total. The monoisotopic (exact) mass is 347 g/mol. The van der Waals surface area contributed by atoms with Crippen molar-refractivity contribution in [3.8, 4) is 0 Å². The third-order valence-corrected chi connectivity index (χ3v) is 6.84. The molecule has 0 saturated carbocycles. The van der Waals surface area contributed by atoms with Crippen LogP contribution < -0.4 is 10.0 Å². The van der Waals surface area contributed by atoms with E-state index in [9.17, 15) is 16.8 Å². The highest BCUT2D eigenvalue weighted by Crippen LogP contribution is 2.18. The Morgan fingerprint density at radius 3 is 2.45 bits per heavy atom. The lowest BCUT2D eigenvalue weighted by Crippen LogP contribution is -2.45. The summed E-state index contributed by atoms with van der Waals surface area (Å²) in [5.74, 6) is 0. The molecule has 1 aliphatic rings. The van der Waals surface area contributed by atoms with Crippen molar-refractivity contribution in [1.82, 2.24) is 14.3 Å². The normalized spacial score (nSPS) is 20.2. The first-order valence-corrected chi connectivity index (χ1v) is 9.91. The van der Waals surface area contributed by atoms with Crippen molar-refractivity contribution < 1.29 is 16.8 Å². The molecule has 2 N–H and O–H groups in total. The van der Waals surface area contributed by atoms with Gasteiger partial charge in [-0.3, -0.25) is 0 Å². The standard InChI is InChI=1S/C13H21N3O4S2/c1-16(2)22(19,20)13-7-3-6-12(9-13)21(17,18)15-11-5-4-8-14-10-11/h3,6-7,9,11,14-15H,4-5,8,10H2,1-2H3. The molecule has 9 heteroatoms. The fourth-order valence-corrected chi connectivity index (χ4v) is 4.59. The van der Waals surface area contributed by atoms with Crippen LogP contribution in [-0.4, -0.2) is 54.4 Å². The number of hydrogen-bond acceptors (Lipinski definition) is 5. The molecule has 1 fully saturated rings. The summed E-state index contributed by atoms with van der Waals surface area (Å²) in [5, 5.41) is 3.13. The van der Waals surface area contributed by atoms with Crippen molar-refractivity contribution in [2.45, 2.75) is 28.7 Å². The minimum Gasteiger partial charge on any atom is -0.315 e. The Kier molecular flexibility index (Phi) is 5.23. The molecule has 1 heterocycles. The summed E-state index contributed by atoms with van der Waals surface area (Å²) in [5.41, 5.74) is 0. The average molecular weight is 347 g/mol. The lowest BCUT2D eigenvalue weighted by Gasteiger charge is -2.23. The van der Waals surface area contributed by atoms with Gasteiger partial charge in [-0.15, -0.1) is 0 Å². The Balaban J connectivity index is 2.28. The van der Waals surface area contributed by atoms with E-state index >= 15 is 0 Å². The molecule has 0 spiro atoms. The number of hydrogen-bond donors (Lipinski definition) is 2. The van der Waals surface area contributed by atoms with Crippen LogP contribution in [0, 0.1) is 0 Å². The summed E-state index contributed by atoms with van der Waals surface area (Å²) < 4.78 is 52.7. The second-order valence-corrected chi connectivity index (χ2v) is 9.29. The fourth-order valence-electron chi connectivity index (χ4n) is 2.25. The first-order chi connectivity index (χ1) is 10.2. The van der Waals surface area contributed by atoms with Crippen molar-refractivity contribution in [3.63, 3.8) is 0 Å². The third-order valence-electron chi connectivity index (χ3n) is 3.51. The van der Waals surface area contributed by atoms with Crippen LogP contribution in [0.2, 0.25) is 0 Å². The Bertz CT molecular complexity index is 723. The second-order valence-electron chi connectivity index (χ2n) is 5.43. The van der Waals surface area contributed by atoms with Crippen LogP contribution in [0.25, 0.3) is 0 Å². The highest BCUT2D eigenvalue weighted by atomic mass is 32.2. The summed E-state index contributed by atoms with van der Waals surface area (Å²) >= 11 is 0. The number of sulfonamides is 2. The molecule has 0 amide bonds. The summed E-state index contributed by atoms with van der Waals surface area (Å²) in [6.45, 7) is 1.46. The number of piperidine rings is 1. The highest BCUT2D eigenvalue weighted by molar-refractivity contribution is 7.90. The van der Waals surface area contributed by atoms with E-state index in [2.05, 4.69) is 10.0 Å². The minimum atomic E-state index is -3.74. The lowest BCUT2D eigenvalue weighted by atomic mass is 10.1. The maximum atomic E-state index is 12.4. The van der Waals surface area contributed by atoms with E-state index in [0.717, 1.165) is 23.7 Å². The van der Waals surface area contributed by atoms with E-state index < -0.39 is 20.0 Å². The van der Waals surface area contributed by atoms with Crippen LogP contribution in [0.1, 0.15) is 12.8 Å². The van der Waals surface area contributed by atoms with Gasteiger partial charge in [0.1, 0.15) is 0 Å². The molecule has 1 aliphatic heterocycles. The van der Waals surface area contributed by atoms with Crippen molar-refractivity contribution in [2.24, 2.45) is 0 Å². The van der Waals surface area contributed by atoms with Gasteiger partial charge in [0, 0.05) is 26.7 Å². The summed E-state index contributed by atoms with van der Waals surface area (Å²) in [6, 6.07) is 5.23. The van der Waals surface area contributed by atoms with Gasteiger partial charge in [-0.05, 0) is 37.6 Å². The minimum absolute atomic E-state index is 0.0397. The molecule has 1 atom stereocenters. The van der Waals surface area contributed by atoms with Crippen LogP contribution in [0.15, 0.2) is 34.1 Å². The van der Waals surface area contributed by atoms with Gasteiger partial charge >= 0.3 is 0 Å². The molecule has 2 rings (SSSR count). The zero-order valence-electron chi connectivity index (χ0n) is 12.6.